The van der Waals surface area contributed by atoms with E-state index in [9.17, 15) is 4.79 Å². The lowest BCUT2D eigenvalue weighted by atomic mass is 10.1. The second kappa shape index (κ2) is 4.00. The second-order valence-corrected chi connectivity index (χ2v) is 4.65. The molecule has 0 spiro atoms. The SMILES string of the molecule is CC(=O)OC(C)CC(C)(C)S. The minimum absolute atomic E-state index is 0.0417. The molecule has 0 bridgehead atoms. The molecule has 0 aliphatic carbocycles. The number of thiol groups is 1. The van der Waals surface area contributed by atoms with Crippen LogP contribution in [0.2, 0.25) is 0 Å². The van der Waals surface area contributed by atoms with Crippen molar-refractivity contribution in [2.45, 2.75) is 45.0 Å². The van der Waals surface area contributed by atoms with Crippen molar-refractivity contribution in [2.24, 2.45) is 0 Å². The summed E-state index contributed by atoms with van der Waals surface area (Å²) in [5, 5.41) is 0. The van der Waals surface area contributed by atoms with Crippen LogP contribution in [0.25, 0.3) is 0 Å². The number of ether oxygens (including phenoxy) is 1. The molecule has 0 saturated carbocycles. The van der Waals surface area contributed by atoms with Gasteiger partial charge in [0.2, 0.25) is 0 Å². The normalized spacial score (nSPS) is 14.3. The maximum atomic E-state index is 10.5. The van der Waals surface area contributed by atoms with E-state index < -0.39 is 0 Å². The minimum Gasteiger partial charge on any atom is -0.463 e. The molecule has 0 amide bonds. The third-order valence-corrected chi connectivity index (χ3v) is 1.34. The zero-order chi connectivity index (χ0) is 9.07. The Hall–Kier alpha value is -0.180. The first-order chi connectivity index (χ1) is 4.81. The Morgan fingerprint density at radius 2 is 2.09 bits per heavy atom. The summed E-state index contributed by atoms with van der Waals surface area (Å²) in [6.45, 7) is 7.29. The summed E-state index contributed by atoms with van der Waals surface area (Å²) < 4.78 is 4.86. The lowest BCUT2D eigenvalue weighted by Gasteiger charge is -2.21. The molecule has 2 nitrogen and oxygen atoms in total. The number of rotatable bonds is 3. The van der Waals surface area contributed by atoms with E-state index in [1.807, 2.05) is 20.8 Å². The van der Waals surface area contributed by atoms with Crippen LogP contribution in [-0.2, 0) is 9.53 Å². The van der Waals surface area contributed by atoms with Gasteiger partial charge in [-0.25, -0.2) is 0 Å². The molecule has 0 rings (SSSR count). The van der Waals surface area contributed by atoms with E-state index in [1.165, 1.54) is 6.92 Å². The molecule has 11 heavy (non-hydrogen) atoms. The molecule has 0 aliphatic heterocycles. The van der Waals surface area contributed by atoms with E-state index in [1.54, 1.807) is 0 Å². The average molecular weight is 176 g/mol. The maximum Gasteiger partial charge on any atom is 0.302 e. The topological polar surface area (TPSA) is 26.3 Å². The first-order valence-corrected chi connectivity index (χ1v) is 4.15. The van der Waals surface area contributed by atoms with Crippen LogP contribution in [0.15, 0.2) is 0 Å². The summed E-state index contributed by atoms with van der Waals surface area (Å²) in [7, 11) is 0. The first kappa shape index (κ1) is 10.8. The van der Waals surface area contributed by atoms with Crippen molar-refractivity contribution in [3.63, 3.8) is 0 Å². The maximum absolute atomic E-state index is 10.5. The zero-order valence-electron chi connectivity index (χ0n) is 7.55. The van der Waals surface area contributed by atoms with Crippen molar-refractivity contribution >= 4 is 18.6 Å². The molecular weight excluding hydrogens is 160 g/mol. The van der Waals surface area contributed by atoms with Gasteiger partial charge in [-0.05, 0) is 13.3 Å². The van der Waals surface area contributed by atoms with Gasteiger partial charge in [0, 0.05) is 11.7 Å². The van der Waals surface area contributed by atoms with E-state index in [0.29, 0.717) is 0 Å². The quantitative estimate of drug-likeness (QED) is 0.526. The predicted molar refractivity (Wildman–Crippen MR) is 48.9 cm³/mol. The highest BCUT2D eigenvalue weighted by atomic mass is 32.1. The molecule has 66 valence electrons. The monoisotopic (exact) mass is 176 g/mol. The van der Waals surface area contributed by atoms with Crippen LogP contribution in [-0.4, -0.2) is 16.8 Å². The Labute approximate surface area is 73.7 Å². The number of carbonyl (C=O) groups excluding carboxylic acids is 1. The lowest BCUT2D eigenvalue weighted by Crippen LogP contribution is -2.22. The third kappa shape index (κ3) is 7.72. The van der Waals surface area contributed by atoms with Crippen LogP contribution < -0.4 is 0 Å². The van der Waals surface area contributed by atoms with Gasteiger partial charge in [-0.15, -0.1) is 0 Å². The van der Waals surface area contributed by atoms with E-state index in [4.69, 9.17) is 4.74 Å². The highest BCUT2D eigenvalue weighted by Crippen LogP contribution is 2.20. The van der Waals surface area contributed by atoms with Crippen molar-refractivity contribution in [3.05, 3.63) is 0 Å². The van der Waals surface area contributed by atoms with Crippen LogP contribution >= 0.6 is 12.6 Å². The summed E-state index contributed by atoms with van der Waals surface area (Å²) in [6.07, 6.45) is 0.732. The van der Waals surface area contributed by atoms with Crippen molar-refractivity contribution in [3.8, 4) is 0 Å². The second-order valence-electron chi connectivity index (χ2n) is 3.44. The van der Waals surface area contributed by atoms with Gasteiger partial charge >= 0.3 is 5.97 Å². The summed E-state index contributed by atoms with van der Waals surface area (Å²) in [5.41, 5.74) is 0. The van der Waals surface area contributed by atoms with Crippen LogP contribution in [0.4, 0.5) is 0 Å². The summed E-state index contributed by atoms with van der Waals surface area (Å²) in [5.74, 6) is -0.227. The molecule has 0 fully saturated rings. The standard InChI is InChI=1S/C8H16O2S/c1-6(10-7(2)9)5-8(3,4)11/h6,11H,5H2,1-4H3. The van der Waals surface area contributed by atoms with E-state index >= 15 is 0 Å². The lowest BCUT2D eigenvalue weighted by molar-refractivity contribution is -0.145. The number of hydrogen-bond donors (Lipinski definition) is 1. The molecule has 0 aliphatic rings. The Morgan fingerprint density at radius 1 is 1.64 bits per heavy atom. The van der Waals surface area contributed by atoms with Gasteiger partial charge in [-0.2, -0.15) is 12.6 Å². The zero-order valence-corrected chi connectivity index (χ0v) is 8.44. The predicted octanol–water partition coefficient (Wildman–Crippen LogP) is 2.04. The highest BCUT2D eigenvalue weighted by Gasteiger charge is 2.17. The summed E-state index contributed by atoms with van der Waals surface area (Å²) >= 11 is 4.33. The fourth-order valence-electron chi connectivity index (χ4n) is 1.03. The fourth-order valence-corrected chi connectivity index (χ4v) is 1.29. The van der Waals surface area contributed by atoms with Crippen LogP contribution in [0.3, 0.4) is 0 Å². The molecular formula is C8H16O2S. The highest BCUT2D eigenvalue weighted by molar-refractivity contribution is 7.81. The van der Waals surface area contributed by atoms with Gasteiger partial charge in [0.25, 0.3) is 0 Å². The molecule has 0 aromatic rings. The number of esters is 1. The van der Waals surface area contributed by atoms with Crippen molar-refractivity contribution < 1.29 is 9.53 Å². The molecule has 0 radical (unpaired) electrons. The van der Waals surface area contributed by atoms with Gasteiger partial charge in [-0.1, -0.05) is 13.8 Å². The largest absolute Gasteiger partial charge is 0.463 e. The average Bonchev–Trinajstić information content (AvgIpc) is 1.53. The molecule has 0 saturated heterocycles. The van der Waals surface area contributed by atoms with Gasteiger partial charge in [0.15, 0.2) is 0 Å². The smallest absolute Gasteiger partial charge is 0.302 e. The summed E-state index contributed by atoms with van der Waals surface area (Å²) in [4.78, 5) is 10.5. The Bertz CT molecular complexity index is 138. The molecule has 0 heterocycles. The Kier molecular flexibility index (Phi) is 3.93. The van der Waals surface area contributed by atoms with Gasteiger partial charge < -0.3 is 4.74 Å². The molecule has 1 unspecified atom stereocenters. The van der Waals surface area contributed by atoms with Crippen molar-refractivity contribution in [1.29, 1.82) is 0 Å². The Morgan fingerprint density at radius 3 is 2.36 bits per heavy atom. The molecule has 1 atom stereocenters. The molecule has 0 aromatic heterocycles. The third-order valence-electron chi connectivity index (χ3n) is 1.15. The first-order valence-electron chi connectivity index (χ1n) is 3.71. The Balaban J connectivity index is 3.69. The minimum atomic E-state index is -0.227. The van der Waals surface area contributed by atoms with E-state index in [0.717, 1.165) is 6.42 Å². The summed E-state index contributed by atoms with van der Waals surface area (Å²) in [6, 6.07) is 0. The fraction of sp³-hybridized carbons (Fsp3) is 0.875. The van der Waals surface area contributed by atoms with Crippen LogP contribution in [0.1, 0.15) is 34.1 Å². The molecule has 0 N–H and O–H groups in total. The van der Waals surface area contributed by atoms with Crippen molar-refractivity contribution in [2.75, 3.05) is 0 Å². The van der Waals surface area contributed by atoms with Gasteiger partial charge in [0.1, 0.15) is 6.10 Å². The molecule has 3 heteroatoms. The van der Waals surface area contributed by atoms with Crippen molar-refractivity contribution in [1.82, 2.24) is 0 Å². The van der Waals surface area contributed by atoms with E-state index in [-0.39, 0.29) is 16.8 Å². The van der Waals surface area contributed by atoms with Crippen LogP contribution in [0, 0.1) is 0 Å². The van der Waals surface area contributed by atoms with Gasteiger partial charge in [-0.3, -0.25) is 4.79 Å². The van der Waals surface area contributed by atoms with Gasteiger partial charge in [0.05, 0.1) is 0 Å². The number of hydrogen-bond acceptors (Lipinski definition) is 3. The number of carbonyl (C=O) groups is 1. The molecule has 0 aromatic carbocycles. The van der Waals surface area contributed by atoms with E-state index in [2.05, 4.69) is 12.6 Å². The van der Waals surface area contributed by atoms with Crippen LogP contribution in [0.5, 0.6) is 0 Å².